The van der Waals surface area contributed by atoms with Gasteiger partial charge >= 0.3 is 12.3 Å². The average molecular weight is 360 g/mol. The molecule has 25 heavy (non-hydrogen) atoms. The third-order valence-corrected chi connectivity index (χ3v) is 3.61. The summed E-state index contributed by atoms with van der Waals surface area (Å²) in [5.74, 6) is 0. The van der Waals surface area contributed by atoms with E-state index in [2.05, 4.69) is 10.6 Å². The van der Waals surface area contributed by atoms with Crippen molar-refractivity contribution in [1.29, 1.82) is 0 Å². The van der Waals surface area contributed by atoms with Crippen molar-refractivity contribution >= 4 is 6.09 Å². The smallest absolute Gasteiger partial charge is 0.416 e. The van der Waals surface area contributed by atoms with E-state index in [4.69, 9.17) is 4.74 Å². The molecule has 0 aromatic heterocycles. The number of ether oxygens (including phenoxy) is 1. The van der Waals surface area contributed by atoms with Gasteiger partial charge in [0.05, 0.1) is 5.56 Å². The van der Waals surface area contributed by atoms with Crippen molar-refractivity contribution in [3.8, 4) is 0 Å². The van der Waals surface area contributed by atoms with Gasteiger partial charge in [-0.1, -0.05) is 19.1 Å². The SMILES string of the molecule is CCC(CNC(=O)OC(C)(C)C)NC(C)c1ccc(C(F)(F)F)cc1. The minimum atomic E-state index is -4.33. The van der Waals surface area contributed by atoms with Gasteiger partial charge < -0.3 is 15.4 Å². The zero-order chi connectivity index (χ0) is 19.3. The molecule has 0 aliphatic rings. The van der Waals surface area contributed by atoms with Crippen molar-refractivity contribution in [1.82, 2.24) is 10.6 Å². The molecule has 0 aliphatic heterocycles. The Kier molecular flexibility index (Phi) is 7.29. The number of benzene rings is 1. The summed E-state index contributed by atoms with van der Waals surface area (Å²) < 4.78 is 43.0. The molecule has 7 heteroatoms. The minimum absolute atomic E-state index is 0.0233. The standard InChI is InChI=1S/C18H27F3N2O2/c1-6-15(11-22-16(24)25-17(3,4)5)23-12(2)13-7-9-14(10-8-13)18(19,20)21/h7-10,12,15,23H,6,11H2,1-5H3,(H,22,24). The lowest BCUT2D eigenvalue weighted by molar-refractivity contribution is -0.137. The van der Waals surface area contributed by atoms with Crippen molar-refractivity contribution in [2.45, 2.75) is 64.9 Å². The predicted molar refractivity (Wildman–Crippen MR) is 91.3 cm³/mol. The Labute approximate surface area is 147 Å². The molecule has 2 atom stereocenters. The summed E-state index contributed by atoms with van der Waals surface area (Å²) in [6.45, 7) is 9.57. The first-order valence-corrected chi connectivity index (χ1v) is 8.32. The Bertz CT molecular complexity index is 551. The Morgan fingerprint density at radius 1 is 1.16 bits per heavy atom. The van der Waals surface area contributed by atoms with E-state index in [1.165, 1.54) is 12.1 Å². The Morgan fingerprint density at radius 2 is 1.72 bits per heavy atom. The van der Waals surface area contributed by atoms with Gasteiger partial charge in [-0.2, -0.15) is 13.2 Å². The summed E-state index contributed by atoms with van der Waals surface area (Å²) in [6.07, 6.45) is -4.07. The zero-order valence-corrected chi connectivity index (χ0v) is 15.3. The van der Waals surface area contributed by atoms with E-state index in [-0.39, 0.29) is 12.1 Å². The van der Waals surface area contributed by atoms with Gasteiger partial charge in [-0.05, 0) is 51.8 Å². The lowest BCUT2D eigenvalue weighted by Crippen LogP contribution is -2.43. The van der Waals surface area contributed by atoms with E-state index in [1.54, 1.807) is 20.8 Å². The lowest BCUT2D eigenvalue weighted by atomic mass is 10.0. The van der Waals surface area contributed by atoms with Gasteiger partial charge in [0.1, 0.15) is 5.60 Å². The number of nitrogens with one attached hydrogen (secondary N) is 2. The fourth-order valence-electron chi connectivity index (χ4n) is 2.25. The van der Waals surface area contributed by atoms with Crippen molar-refractivity contribution < 1.29 is 22.7 Å². The highest BCUT2D eigenvalue weighted by atomic mass is 19.4. The Morgan fingerprint density at radius 3 is 2.16 bits per heavy atom. The molecule has 1 aromatic carbocycles. The molecule has 2 unspecified atom stereocenters. The summed E-state index contributed by atoms with van der Waals surface area (Å²) >= 11 is 0. The molecule has 0 spiro atoms. The van der Waals surface area contributed by atoms with Gasteiger partial charge in [0.25, 0.3) is 0 Å². The Hall–Kier alpha value is -1.76. The summed E-state index contributed by atoms with van der Waals surface area (Å²) in [5, 5.41) is 6.01. The molecule has 4 nitrogen and oxygen atoms in total. The molecule has 1 amide bonds. The van der Waals surface area contributed by atoms with Crippen LogP contribution in [0.4, 0.5) is 18.0 Å². The summed E-state index contributed by atoms with van der Waals surface area (Å²) in [4.78, 5) is 11.7. The van der Waals surface area contributed by atoms with Crippen LogP contribution in [-0.4, -0.2) is 24.3 Å². The van der Waals surface area contributed by atoms with Crippen LogP contribution in [0.3, 0.4) is 0 Å². The number of hydrogen-bond acceptors (Lipinski definition) is 3. The number of rotatable bonds is 6. The first kappa shape index (κ1) is 21.3. The fourth-order valence-corrected chi connectivity index (χ4v) is 2.25. The largest absolute Gasteiger partial charge is 0.444 e. The van der Waals surface area contributed by atoms with Crippen LogP contribution in [0, 0.1) is 0 Å². The van der Waals surface area contributed by atoms with E-state index in [0.29, 0.717) is 6.54 Å². The molecule has 0 radical (unpaired) electrons. The molecule has 0 bridgehead atoms. The van der Waals surface area contributed by atoms with Crippen molar-refractivity contribution in [2.24, 2.45) is 0 Å². The maximum Gasteiger partial charge on any atom is 0.416 e. The Balaban J connectivity index is 2.58. The fraction of sp³-hybridized carbons (Fsp3) is 0.611. The number of carbonyl (C=O) groups excluding carboxylic acids is 1. The second kappa shape index (κ2) is 8.56. The third kappa shape index (κ3) is 7.77. The van der Waals surface area contributed by atoms with Gasteiger partial charge in [-0.3, -0.25) is 0 Å². The van der Waals surface area contributed by atoms with Crippen LogP contribution in [0.25, 0.3) is 0 Å². The maximum atomic E-state index is 12.6. The number of alkyl carbamates (subject to hydrolysis) is 1. The molecule has 1 aromatic rings. The van der Waals surface area contributed by atoms with E-state index in [1.807, 2.05) is 13.8 Å². The number of carbonyl (C=O) groups is 1. The minimum Gasteiger partial charge on any atom is -0.444 e. The topological polar surface area (TPSA) is 50.4 Å². The molecule has 1 rings (SSSR count). The van der Waals surface area contributed by atoms with Crippen LogP contribution in [0.15, 0.2) is 24.3 Å². The molecule has 2 N–H and O–H groups in total. The van der Waals surface area contributed by atoms with Gasteiger partial charge in [-0.15, -0.1) is 0 Å². The van der Waals surface area contributed by atoms with Crippen LogP contribution in [0.5, 0.6) is 0 Å². The van der Waals surface area contributed by atoms with Crippen LogP contribution < -0.4 is 10.6 Å². The molecule has 0 heterocycles. The van der Waals surface area contributed by atoms with E-state index in [9.17, 15) is 18.0 Å². The first-order chi connectivity index (χ1) is 11.4. The predicted octanol–water partition coefficient (Wildman–Crippen LogP) is 4.66. The van der Waals surface area contributed by atoms with E-state index < -0.39 is 23.4 Å². The quantitative estimate of drug-likeness (QED) is 0.776. The van der Waals surface area contributed by atoms with Crippen LogP contribution in [0.1, 0.15) is 58.2 Å². The molecule has 0 saturated heterocycles. The molecule has 0 saturated carbocycles. The van der Waals surface area contributed by atoms with Gasteiger partial charge in [0.2, 0.25) is 0 Å². The molecule has 0 aliphatic carbocycles. The zero-order valence-electron chi connectivity index (χ0n) is 15.3. The van der Waals surface area contributed by atoms with Crippen LogP contribution in [0.2, 0.25) is 0 Å². The number of hydrogen-bond donors (Lipinski definition) is 2. The van der Waals surface area contributed by atoms with Crippen molar-refractivity contribution in [3.05, 3.63) is 35.4 Å². The van der Waals surface area contributed by atoms with Gasteiger partial charge in [-0.25, -0.2) is 4.79 Å². The average Bonchev–Trinajstić information content (AvgIpc) is 2.48. The molecular weight excluding hydrogens is 333 g/mol. The number of alkyl halides is 3. The second-order valence-electron chi connectivity index (χ2n) is 7.00. The maximum absolute atomic E-state index is 12.6. The van der Waals surface area contributed by atoms with E-state index >= 15 is 0 Å². The molecular formula is C18H27F3N2O2. The summed E-state index contributed by atoms with van der Waals surface area (Å²) in [5.41, 5.74) is -0.474. The highest BCUT2D eigenvalue weighted by Gasteiger charge is 2.30. The summed E-state index contributed by atoms with van der Waals surface area (Å²) in [7, 11) is 0. The van der Waals surface area contributed by atoms with E-state index in [0.717, 1.165) is 24.1 Å². The highest BCUT2D eigenvalue weighted by Crippen LogP contribution is 2.29. The van der Waals surface area contributed by atoms with Gasteiger partial charge in [0.15, 0.2) is 0 Å². The normalized spacial score (nSPS) is 14.7. The first-order valence-electron chi connectivity index (χ1n) is 8.32. The molecule has 142 valence electrons. The van der Waals surface area contributed by atoms with Gasteiger partial charge in [0, 0.05) is 18.6 Å². The van der Waals surface area contributed by atoms with Crippen molar-refractivity contribution in [3.63, 3.8) is 0 Å². The highest BCUT2D eigenvalue weighted by molar-refractivity contribution is 5.67. The monoisotopic (exact) mass is 360 g/mol. The number of amides is 1. The van der Waals surface area contributed by atoms with Crippen LogP contribution in [-0.2, 0) is 10.9 Å². The summed E-state index contributed by atoms with van der Waals surface area (Å²) in [6, 6.07) is 4.92. The third-order valence-electron chi connectivity index (χ3n) is 3.61. The lowest BCUT2D eigenvalue weighted by Gasteiger charge is -2.25. The van der Waals surface area contributed by atoms with Crippen molar-refractivity contribution in [2.75, 3.05) is 6.54 Å². The second-order valence-corrected chi connectivity index (χ2v) is 7.00. The molecule has 0 fully saturated rings. The van der Waals surface area contributed by atoms with Crippen LogP contribution >= 0.6 is 0 Å². The number of halogens is 3.